The second kappa shape index (κ2) is 5.62. The smallest absolute Gasteiger partial charge is 0.270 e. The van der Waals surface area contributed by atoms with E-state index in [9.17, 15) is 14.9 Å². The summed E-state index contributed by atoms with van der Waals surface area (Å²) in [7, 11) is 0. The monoisotopic (exact) mass is 292 g/mol. The van der Waals surface area contributed by atoms with E-state index in [0.717, 1.165) is 0 Å². The fraction of sp³-hybridized carbons (Fsp3) is 0.0833. The van der Waals surface area contributed by atoms with Gasteiger partial charge in [0.15, 0.2) is 5.82 Å². The van der Waals surface area contributed by atoms with Gasteiger partial charge in [0.2, 0.25) is 0 Å². The number of carbonyl (C=O) groups is 1. The molecule has 0 atom stereocenters. The first kappa shape index (κ1) is 13.9. The van der Waals surface area contributed by atoms with Crippen molar-refractivity contribution in [2.24, 2.45) is 0 Å². The zero-order valence-electron chi connectivity index (χ0n) is 10.3. The number of anilines is 1. The minimum Gasteiger partial charge on any atom is -0.305 e. The van der Waals surface area contributed by atoms with E-state index >= 15 is 0 Å². The third kappa shape index (κ3) is 3.07. The molecule has 1 aromatic carbocycles. The lowest BCUT2D eigenvalue weighted by atomic mass is 10.1. The highest BCUT2D eigenvalue weighted by Crippen LogP contribution is 2.18. The van der Waals surface area contributed by atoms with Crippen LogP contribution in [0.2, 0.25) is 5.15 Å². The van der Waals surface area contributed by atoms with Gasteiger partial charge in [-0.15, -0.1) is 0 Å². The molecular formula is C12H9ClN4O3. The normalized spacial score (nSPS) is 10.1. The number of benzene rings is 1. The number of nitro benzene ring substituents is 1. The van der Waals surface area contributed by atoms with Crippen LogP contribution in [-0.2, 0) is 0 Å². The zero-order chi connectivity index (χ0) is 14.7. The number of hydrogen-bond acceptors (Lipinski definition) is 5. The van der Waals surface area contributed by atoms with Crippen molar-refractivity contribution in [1.29, 1.82) is 0 Å². The summed E-state index contributed by atoms with van der Waals surface area (Å²) in [5, 5.41) is 13.3. The molecule has 2 aromatic rings. The topological polar surface area (TPSA) is 98.0 Å². The Morgan fingerprint density at radius 3 is 2.80 bits per heavy atom. The van der Waals surface area contributed by atoms with E-state index in [4.69, 9.17) is 11.6 Å². The van der Waals surface area contributed by atoms with Gasteiger partial charge in [-0.05, 0) is 12.5 Å². The number of aryl methyl sites for hydroxylation is 1. The van der Waals surface area contributed by atoms with Crippen LogP contribution in [0.15, 0.2) is 30.6 Å². The Morgan fingerprint density at radius 2 is 2.15 bits per heavy atom. The van der Waals surface area contributed by atoms with E-state index in [2.05, 4.69) is 15.3 Å². The quantitative estimate of drug-likeness (QED) is 0.692. The van der Waals surface area contributed by atoms with Gasteiger partial charge in [-0.25, -0.2) is 4.98 Å². The van der Waals surface area contributed by atoms with Gasteiger partial charge in [-0.1, -0.05) is 17.7 Å². The van der Waals surface area contributed by atoms with Crippen molar-refractivity contribution in [2.45, 2.75) is 6.92 Å². The lowest BCUT2D eigenvalue weighted by Crippen LogP contribution is -2.14. The van der Waals surface area contributed by atoms with E-state index in [-0.39, 0.29) is 22.2 Å². The van der Waals surface area contributed by atoms with Gasteiger partial charge in [0.25, 0.3) is 11.6 Å². The Balaban J connectivity index is 2.29. The van der Waals surface area contributed by atoms with Gasteiger partial charge in [-0.3, -0.25) is 19.9 Å². The molecule has 0 aliphatic heterocycles. The van der Waals surface area contributed by atoms with Gasteiger partial charge in [0.05, 0.1) is 17.3 Å². The number of nitrogens with one attached hydrogen (secondary N) is 1. The summed E-state index contributed by atoms with van der Waals surface area (Å²) in [6.07, 6.45) is 2.66. The summed E-state index contributed by atoms with van der Waals surface area (Å²) < 4.78 is 0. The predicted octanol–water partition coefficient (Wildman–Crippen LogP) is 2.60. The van der Waals surface area contributed by atoms with Crippen LogP contribution in [0.3, 0.4) is 0 Å². The molecule has 0 unspecified atom stereocenters. The molecule has 1 amide bonds. The van der Waals surface area contributed by atoms with Crippen molar-refractivity contribution in [3.8, 4) is 0 Å². The number of hydrogen-bond donors (Lipinski definition) is 1. The number of amides is 1. The maximum absolute atomic E-state index is 12.1. The van der Waals surface area contributed by atoms with E-state index < -0.39 is 10.8 Å². The minimum absolute atomic E-state index is 0.138. The Kier molecular flexibility index (Phi) is 3.90. The largest absolute Gasteiger partial charge is 0.305 e. The summed E-state index contributed by atoms with van der Waals surface area (Å²) in [6.45, 7) is 1.68. The van der Waals surface area contributed by atoms with Crippen molar-refractivity contribution in [3.63, 3.8) is 0 Å². The molecule has 0 bridgehead atoms. The van der Waals surface area contributed by atoms with Gasteiger partial charge >= 0.3 is 0 Å². The van der Waals surface area contributed by atoms with Gasteiger partial charge in [0, 0.05) is 17.7 Å². The van der Waals surface area contributed by atoms with Crippen molar-refractivity contribution in [1.82, 2.24) is 9.97 Å². The first-order valence-electron chi connectivity index (χ1n) is 5.51. The second-order valence-corrected chi connectivity index (χ2v) is 4.32. The number of halogens is 1. The summed E-state index contributed by atoms with van der Waals surface area (Å²) in [5.41, 5.74) is 0.655. The highest BCUT2D eigenvalue weighted by Gasteiger charge is 2.15. The molecule has 1 aromatic heterocycles. The molecule has 0 radical (unpaired) electrons. The molecule has 0 aliphatic carbocycles. The van der Waals surface area contributed by atoms with Crippen LogP contribution in [0.5, 0.6) is 0 Å². The third-order valence-corrected chi connectivity index (χ3v) is 2.71. The van der Waals surface area contributed by atoms with Crippen LogP contribution in [0.25, 0.3) is 0 Å². The van der Waals surface area contributed by atoms with E-state index in [0.29, 0.717) is 5.56 Å². The van der Waals surface area contributed by atoms with Gasteiger partial charge < -0.3 is 5.32 Å². The molecule has 7 nitrogen and oxygen atoms in total. The molecule has 1 heterocycles. The minimum atomic E-state index is -0.560. The summed E-state index contributed by atoms with van der Waals surface area (Å²) in [6, 6.07) is 4.06. The summed E-state index contributed by atoms with van der Waals surface area (Å²) in [5.74, 6) is -0.337. The van der Waals surface area contributed by atoms with Crippen LogP contribution in [0.1, 0.15) is 15.9 Å². The average molecular weight is 293 g/mol. The Labute approximate surface area is 118 Å². The van der Waals surface area contributed by atoms with Crippen molar-refractivity contribution in [2.75, 3.05) is 5.32 Å². The molecule has 20 heavy (non-hydrogen) atoms. The lowest BCUT2D eigenvalue weighted by Gasteiger charge is -2.06. The van der Waals surface area contributed by atoms with E-state index in [1.54, 1.807) is 6.92 Å². The Bertz CT molecular complexity index is 690. The average Bonchev–Trinajstić information content (AvgIpc) is 2.38. The maximum Gasteiger partial charge on any atom is 0.270 e. The molecule has 0 fully saturated rings. The van der Waals surface area contributed by atoms with E-state index in [1.807, 2.05) is 0 Å². The fourth-order valence-corrected chi connectivity index (χ4v) is 1.70. The highest BCUT2D eigenvalue weighted by molar-refractivity contribution is 6.29. The molecule has 8 heteroatoms. The Morgan fingerprint density at radius 1 is 1.40 bits per heavy atom. The standard InChI is InChI=1S/C12H9ClN4O3/c1-7-2-3-8(17(19)20)4-9(7)12(18)16-11-6-14-5-10(13)15-11/h2-6H,1H3,(H,15,16,18). The second-order valence-electron chi connectivity index (χ2n) is 3.94. The first-order valence-corrected chi connectivity index (χ1v) is 5.89. The van der Waals surface area contributed by atoms with Crippen LogP contribution in [-0.4, -0.2) is 20.8 Å². The van der Waals surface area contributed by atoms with Crippen molar-refractivity contribution >= 4 is 29.0 Å². The van der Waals surface area contributed by atoms with Gasteiger partial charge in [-0.2, -0.15) is 0 Å². The molecule has 2 rings (SSSR count). The predicted molar refractivity (Wildman–Crippen MR) is 72.8 cm³/mol. The number of nitro groups is 1. The van der Waals surface area contributed by atoms with Crippen LogP contribution in [0, 0.1) is 17.0 Å². The van der Waals surface area contributed by atoms with Crippen molar-refractivity contribution in [3.05, 3.63) is 57.0 Å². The number of aromatic nitrogens is 2. The fourth-order valence-electron chi connectivity index (χ4n) is 1.55. The molecule has 0 aliphatic rings. The third-order valence-electron chi connectivity index (χ3n) is 2.52. The van der Waals surface area contributed by atoms with Crippen LogP contribution in [0.4, 0.5) is 11.5 Å². The molecule has 102 valence electrons. The molecule has 0 saturated carbocycles. The molecule has 0 spiro atoms. The highest BCUT2D eigenvalue weighted by atomic mass is 35.5. The van der Waals surface area contributed by atoms with Crippen molar-refractivity contribution < 1.29 is 9.72 Å². The number of non-ortho nitro benzene ring substituents is 1. The summed E-state index contributed by atoms with van der Waals surface area (Å²) in [4.78, 5) is 29.9. The van der Waals surface area contributed by atoms with E-state index in [1.165, 1.54) is 30.6 Å². The maximum atomic E-state index is 12.1. The SMILES string of the molecule is Cc1ccc([N+](=O)[O-])cc1C(=O)Nc1cncc(Cl)n1. The van der Waals surface area contributed by atoms with Gasteiger partial charge in [0.1, 0.15) is 5.15 Å². The number of rotatable bonds is 3. The molecular weight excluding hydrogens is 284 g/mol. The Hall–Kier alpha value is -2.54. The van der Waals surface area contributed by atoms with Crippen LogP contribution >= 0.6 is 11.6 Å². The number of nitrogens with zero attached hydrogens (tertiary/aromatic N) is 3. The van der Waals surface area contributed by atoms with Crippen LogP contribution < -0.4 is 5.32 Å². The number of carbonyl (C=O) groups excluding carboxylic acids is 1. The zero-order valence-corrected chi connectivity index (χ0v) is 11.1. The first-order chi connectivity index (χ1) is 9.47. The molecule has 0 saturated heterocycles. The summed E-state index contributed by atoms with van der Waals surface area (Å²) >= 11 is 5.66. The lowest BCUT2D eigenvalue weighted by molar-refractivity contribution is -0.384. The molecule has 1 N–H and O–H groups in total.